The minimum Gasteiger partial charge on any atom is -0.354 e. The van der Waals surface area contributed by atoms with Gasteiger partial charge in [0.15, 0.2) is 0 Å². The summed E-state index contributed by atoms with van der Waals surface area (Å²) in [5.41, 5.74) is -0.0321. The Balaban J connectivity index is 1.97. The zero-order valence-corrected chi connectivity index (χ0v) is 14.3. The lowest BCUT2D eigenvalue weighted by Gasteiger charge is -2.46. The highest BCUT2D eigenvalue weighted by Crippen LogP contribution is 2.36. The number of rotatable bonds is 4. The lowest BCUT2D eigenvalue weighted by Crippen LogP contribution is -2.57. The molecule has 1 amide bonds. The Morgan fingerprint density at radius 3 is 2.52 bits per heavy atom. The molecule has 0 radical (unpaired) electrons. The molecule has 2 N–H and O–H groups in total. The molecule has 21 heavy (non-hydrogen) atoms. The van der Waals surface area contributed by atoms with Crippen LogP contribution in [0, 0.1) is 11.3 Å². The van der Waals surface area contributed by atoms with Crippen molar-refractivity contribution in [2.24, 2.45) is 11.3 Å². The summed E-state index contributed by atoms with van der Waals surface area (Å²) in [6.45, 7) is 7.17. The average molecular weight is 295 g/mol. The minimum atomic E-state index is -0.182. The van der Waals surface area contributed by atoms with Gasteiger partial charge in [-0.3, -0.25) is 4.79 Å². The Hall–Kier alpha value is -0.610. The van der Waals surface area contributed by atoms with Crippen LogP contribution in [0.4, 0.5) is 0 Å². The summed E-state index contributed by atoms with van der Waals surface area (Å²) < 4.78 is 0. The van der Waals surface area contributed by atoms with Crippen LogP contribution >= 0.6 is 0 Å². The van der Waals surface area contributed by atoms with Crippen LogP contribution in [0.25, 0.3) is 0 Å². The van der Waals surface area contributed by atoms with Gasteiger partial charge < -0.3 is 15.5 Å². The van der Waals surface area contributed by atoms with Gasteiger partial charge in [0.05, 0.1) is 0 Å². The van der Waals surface area contributed by atoms with E-state index in [0.29, 0.717) is 0 Å². The first-order chi connectivity index (χ1) is 9.88. The summed E-state index contributed by atoms with van der Waals surface area (Å²) in [7, 11) is 4.33. The van der Waals surface area contributed by atoms with E-state index in [9.17, 15) is 4.79 Å². The maximum absolute atomic E-state index is 12.7. The first kappa shape index (κ1) is 16.8. The Labute approximate surface area is 130 Å². The topological polar surface area (TPSA) is 44.4 Å². The summed E-state index contributed by atoms with van der Waals surface area (Å²) >= 11 is 0. The molecule has 1 saturated heterocycles. The molecule has 1 aliphatic carbocycles. The van der Waals surface area contributed by atoms with Gasteiger partial charge in [-0.2, -0.15) is 0 Å². The van der Waals surface area contributed by atoms with Crippen molar-refractivity contribution in [3.05, 3.63) is 0 Å². The first-order valence-corrected chi connectivity index (χ1v) is 8.54. The van der Waals surface area contributed by atoms with Gasteiger partial charge in [-0.1, -0.05) is 26.7 Å². The molecule has 0 bridgehead atoms. The van der Waals surface area contributed by atoms with Crippen molar-refractivity contribution < 1.29 is 4.79 Å². The second kappa shape index (κ2) is 6.66. The van der Waals surface area contributed by atoms with Crippen molar-refractivity contribution in [1.29, 1.82) is 0 Å². The molecule has 4 heteroatoms. The molecule has 4 nitrogen and oxygen atoms in total. The third kappa shape index (κ3) is 3.78. The van der Waals surface area contributed by atoms with Crippen LogP contribution in [0.1, 0.15) is 52.4 Å². The number of amides is 1. The van der Waals surface area contributed by atoms with E-state index < -0.39 is 0 Å². The maximum Gasteiger partial charge on any atom is 0.226 e. The van der Waals surface area contributed by atoms with Crippen LogP contribution in [0.15, 0.2) is 0 Å². The Morgan fingerprint density at radius 2 is 1.95 bits per heavy atom. The Morgan fingerprint density at radius 1 is 1.29 bits per heavy atom. The number of hydrogen-bond donors (Lipinski definition) is 2. The lowest BCUT2D eigenvalue weighted by molar-refractivity contribution is -0.132. The van der Waals surface area contributed by atoms with Crippen LogP contribution in [0.2, 0.25) is 0 Å². The summed E-state index contributed by atoms with van der Waals surface area (Å²) in [5.74, 6) is 1.01. The van der Waals surface area contributed by atoms with Gasteiger partial charge >= 0.3 is 0 Å². The third-order valence-corrected chi connectivity index (χ3v) is 5.85. The number of carbonyl (C=O) groups is 1. The molecule has 0 aromatic rings. The molecule has 1 saturated carbocycles. The predicted molar refractivity (Wildman–Crippen MR) is 87.3 cm³/mol. The minimum absolute atomic E-state index is 0.149. The molecule has 0 aromatic carbocycles. The third-order valence-electron chi connectivity index (χ3n) is 5.85. The van der Waals surface area contributed by atoms with E-state index >= 15 is 0 Å². The molecule has 0 spiro atoms. The van der Waals surface area contributed by atoms with Gasteiger partial charge in [0.1, 0.15) is 0 Å². The largest absolute Gasteiger partial charge is 0.354 e. The molecular weight excluding hydrogens is 262 g/mol. The van der Waals surface area contributed by atoms with E-state index in [2.05, 4.69) is 43.5 Å². The fourth-order valence-electron chi connectivity index (χ4n) is 4.02. The van der Waals surface area contributed by atoms with Crippen LogP contribution in [0.5, 0.6) is 0 Å². The molecule has 2 fully saturated rings. The van der Waals surface area contributed by atoms with Gasteiger partial charge in [0, 0.05) is 17.5 Å². The molecule has 2 aliphatic rings. The number of likely N-dealkylation sites (N-methyl/N-ethyl adjacent to an activating group) is 1. The van der Waals surface area contributed by atoms with Crippen molar-refractivity contribution in [3.63, 3.8) is 0 Å². The molecule has 1 aliphatic heterocycles. The summed E-state index contributed by atoms with van der Waals surface area (Å²) in [6, 6.07) is 0. The Kier molecular flexibility index (Phi) is 5.31. The quantitative estimate of drug-likeness (QED) is 0.834. The van der Waals surface area contributed by atoms with Gasteiger partial charge in [-0.25, -0.2) is 0 Å². The van der Waals surface area contributed by atoms with Crippen LogP contribution in [-0.2, 0) is 4.79 Å². The highest BCUT2D eigenvalue weighted by Gasteiger charge is 2.40. The number of nitrogens with zero attached hydrogens (tertiary/aromatic N) is 1. The van der Waals surface area contributed by atoms with Crippen LogP contribution < -0.4 is 10.6 Å². The monoisotopic (exact) mass is 295 g/mol. The molecule has 2 rings (SSSR count). The van der Waals surface area contributed by atoms with Crippen molar-refractivity contribution >= 4 is 5.91 Å². The van der Waals surface area contributed by atoms with Gasteiger partial charge in [0.2, 0.25) is 5.91 Å². The number of hydrogen-bond acceptors (Lipinski definition) is 3. The van der Waals surface area contributed by atoms with E-state index in [1.54, 1.807) is 0 Å². The molecule has 0 aromatic heterocycles. The van der Waals surface area contributed by atoms with Crippen molar-refractivity contribution in [3.8, 4) is 0 Å². The average Bonchev–Trinajstić information content (AvgIpc) is 2.45. The second-order valence-electron chi connectivity index (χ2n) is 7.81. The van der Waals surface area contributed by atoms with Crippen molar-refractivity contribution in [2.75, 3.05) is 33.7 Å². The van der Waals surface area contributed by atoms with E-state index in [-0.39, 0.29) is 16.9 Å². The molecule has 2 atom stereocenters. The van der Waals surface area contributed by atoms with Crippen LogP contribution in [-0.4, -0.2) is 50.1 Å². The molecule has 1 heterocycles. The lowest BCUT2D eigenvalue weighted by atomic mass is 9.75. The summed E-state index contributed by atoms with van der Waals surface area (Å²) in [6.07, 6.45) is 6.89. The highest BCUT2D eigenvalue weighted by atomic mass is 16.2. The smallest absolute Gasteiger partial charge is 0.226 e. The van der Waals surface area contributed by atoms with Crippen molar-refractivity contribution in [2.45, 2.75) is 57.9 Å². The fraction of sp³-hybridized carbons (Fsp3) is 0.941. The molecule has 122 valence electrons. The van der Waals surface area contributed by atoms with Gasteiger partial charge in [0.25, 0.3) is 0 Å². The van der Waals surface area contributed by atoms with E-state index in [0.717, 1.165) is 38.4 Å². The zero-order valence-electron chi connectivity index (χ0n) is 14.3. The number of nitrogens with one attached hydrogen (secondary N) is 2. The fourth-order valence-corrected chi connectivity index (χ4v) is 4.02. The van der Waals surface area contributed by atoms with E-state index in [1.807, 2.05) is 0 Å². The molecular formula is C17H33N3O. The maximum atomic E-state index is 12.7. The van der Waals surface area contributed by atoms with Crippen molar-refractivity contribution in [1.82, 2.24) is 15.5 Å². The molecule has 2 unspecified atom stereocenters. The number of piperidine rings is 1. The Bertz CT molecular complexity index is 363. The first-order valence-electron chi connectivity index (χ1n) is 8.54. The highest BCUT2D eigenvalue weighted by molar-refractivity contribution is 5.82. The zero-order chi connectivity index (χ0) is 15.5. The van der Waals surface area contributed by atoms with E-state index in [1.165, 1.54) is 25.7 Å². The van der Waals surface area contributed by atoms with E-state index in [4.69, 9.17) is 0 Å². The number of carbonyl (C=O) groups excluding carboxylic acids is 1. The standard InChI is InChI=1S/C17H33N3O/c1-14-6-5-7-17(12-14,20(3)4)13-19-15(21)16(2)8-10-18-11-9-16/h14,18H,5-13H2,1-4H3,(H,19,21). The SMILES string of the molecule is CC1CCCC(CNC(=O)C2(C)CCNCC2)(N(C)C)C1. The predicted octanol–water partition coefficient (Wildman–Crippen LogP) is 2.00. The van der Waals surface area contributed by atoms with Gasteiger partial charge in [-0.05, 0) is 58.8 Å². The van der Waals surface area contributed by atoms with Crippen LogP contribution in [0.3, 0.4) is 0 Å². The normalized spacial score (nSPS) is 32.9. The van der Waals surface area contributed by atoms with Gasteiger partial charge in [-0.15, -0.1) is 0 Å². The second-order valence-corrected chi connectivity index (χ2v) is 7.81. The summed E-state index contributed by atoms with van der Waals surface area (Å²) in [4.78, 5) is 15.0. The summed E-state index contributed by atoms with van der Waals surface area (Å²) in [5, 5.41) is 6.64.